The Morgan fingerprint density at radius 2 is 1.81 bits per heavy atom. The third kappa shape index (κ3) is 2.43. The van der Waals surface area contributed by atoms with Crippen LogP contribution in [0.3, 0.4) is 0 Å². The summed E-state index contributed by atoms with van der Waals surface area (Å²) < 4.78 is 0. The van der Waals surface area contributed by atoms with E-state index in [4.69, 9.17) is 0 Å². The first-order valence-electron chi connectivity index (χ1n) is 7.33. The molecule has 0 amide bonds. The maximum atomic E-state index is 3.89. The molecule has 3 fully saturated rings. The van der Waals surface area contributed by atoms with Crippen molar-refractivity contribution in [1.29, 1.82) is 0 Å². The fraction of sp³-hybridized carbons (Fsp3) is 1.00. The van der Waals surface area contributed by atoms with Crippen molar-refractivity contribution in [2.45, 2.75) is 70.0 Å². The Labute approximate surface area is 99.8 Å². The predicted octanol–water partition coefficient (Wildman–Crippen LogP) is 2.39. The van der Waals surface area contributed by atoms with Gasteiger partial charge in [0.05, 0.1) is 0 Å². The Bertz CT molecular complexity index is 231. The first kappa shape index (κ1) is 11.0. The van der Waals surface area contributed by atoms with E-state index in [1.54, 1.807) is 0 Å². The highest BCUT2D eigenvalue weighted by molar-refractivity contribution is 4.93. The van der Waals surface area contributed by atoms with Gasteiger partial charge in [0, 0.05) is 31.2 Å². The normalized spacial score (nSPS) is 34.7. The van der Waals surface area contributed by atoms with Crippen molar-refractivity contribution >= 4 is 0 Å². The van der Waals surface area contributed by atoms with Crippen molar-refractivity contribution in [2.24, 2.45) is 5.92 Å². The smallest absolute Gasteiger partial charge is 0.0209 e. The standard InChI is InChI=1S/C14H26N2/c1-11(12-4-2-3-5-12)15-13-8-9-16(10-13)14-6-7-14/h11-15H,2-10H2,1H3. The third-order valence-corrected chi connectivity index (χ3v) is 4.89. The number of hydrogen-bond acceptors (Lipinski definition) is 2. The molecular weight excluding hydrogens is 196 g/mol. The van der Waals surface area contributed by atoms with Crippen LogP contribution in [0.5, 0.6) is 0 Å². The Morgan fingerprint density at radius 3 is 2.50 bits per heavy atom. The van der Waals surface area contributed by atoms with E-state index in [0.29, 0.717) is 0 Å². The molecule has 3 aliphatic rings. The molecule has 0 aromatic rings. The van der Waals surface area contributed by atoms with Crippen molar-refractivity contribution in [3.05, 3.63) is 0 Å². The molecule has 0 radical (unpaired) electrons. The van der Waals surface area contributed by atoms with Crippen LogP contribution in [0.4, 0.5) is 0 Å². The van der Waals surface area contributed by atoms with Gasteiger partial charge in [0.25, 0.3) is 0 Å². The average Bonchev–Trinajstić information content (AvgIpc) is 2.82. The molecule has 2 saturated carbocycles. The first-order valence-corrected chi connectivity index (χ1v) is 7.33. The SMILES string of the molecule is CC(NC1CCN(C2CC2)C1)C1CCCC1. The van der Waals surface area contributed by atoms with Gasteiger partial charge in [-0.15, -0.1) is 0 Å². The van der Waals surface area contributed by atoms with E-state index in [2.05, 4.69) is 17.1 Å². The zero-order valence-electron chi connectivity index (χ0n) is 10.6. The lowest BCUT2D eigenvalue weighted by Gasteiger charge is -2.25. The first-order chi connectivity index (χ1) is 7.83. The zero-order chi connectivity index (χ0) is 11.0. The Morgan fingerprint density at radius 1 is 1.06 bits per heavy atom. The molecule has 0 spiro atoms. The highest BCUT2D eigenvalue weighted by atomic mass is 15.2. The van der Waals surface area contributed by atoms with Gasteiger partial charge in [0.1, 0.15) is 0 Å². The summed E-state index contributed by atoms with van der Waals surface area (Å²) in [5, 5.41) is 3.89. The van der Waals surface area contributed by atoms with Crippen LogP contribution in [-0.2, 0) is 0 Å². The Hall–Kier alpha value is -0.0800. The quantitative estimate of drug-likeness (QED) is 0.786. The molecule has 92 valence electrons. The van der Waals surface area contributed by atoms with Crippen LogP contribution in [-0.4, -0.2) is 36.1 Å². The monoisotopic (exact) mass is 222 g/mol. The molecule has 2 atom stereocenters. The van der Waals surface area contributed by atoms with Crippen LogP contribution in [0.15, 0.2) is 0 Å². The Kier molecular flexibility index (Phi) is 3.21. The van der Waals surface area contributed by atoms with E-state index in [1.807, 2.05) is 0 Å². The topological polar surface area (TPSA) is 15.3 Å². The maximum absolute atomic E-state index is 3.89. The third-order valence-electron chi connectivity index (χ3n) is 4.89. The van der Waals surface area contributed by atoms with Crippen LogP contribution in [0.25, 0.3) is 0 Å². The van der Waals surface area contributed by atoms with Gasteiger partial charge in [-0.05, 0) is 44.9 Å². The number of rotatable bonds is 4. The molecule has 0 aromatic heterocycles. The second kappa shape index (κ2) is 4.66. The lowest BCUT2D eigenvalue weighted by molar-refractivity contribution is 0.298. The molecule has 16 heavy (non-hydrogen) atoms. The largest absolute Gasteiger partial charge is 0.310 e. The van der Waals surface area contributed by atoms with Crippen LogP contribution >= 0.6 is 0 Å². The maximum Gasteiger partial charge on any atom is 0.0209 e. The minimum Gasteiger partial charge on any atom is -0.310 e. The molecule has 1 aliphatic heterocycles. The molecule has 2 heteroatoms. The van der Waals surface area contributed by atoms with Crippen LogP contribution in [0.1, 0.15) is 51.9 Å². The van der Waals surface area contributed by atoms with E-state index >= 15 is 0 Å². The van der Waals surface area contributed by atoms with E-state index in [9.17, 15) is 0 Å². The van der Waals surface area contributed by atoms with Crippen LogP contribution < -0.4 is 5.32 Å². The van der Waals surface area contributed by atoms with Crippen LogP contribution in [0.2, 0.25) is 0 Å². The van der Waals surface area contributed by atoms with E-state index in [0.717, 1.165) is 24.0 Å². The molecule has 0 aromatic carbocycles. The minimum absolute atomic E-state index is 0.756. The van der Waals surface area contributed by atoms with Gasteiger partial charge in [-0.2, -0.15) is 0 Å². The molecule has 1 saturated heterocycles. The van der Waals surface area contributed by atoms with Crippen molar-refractivity contribution in [1.82, 2.24) is 10.2 Å². The average molecular weight is 222 g/mol. The second-order valence-electron chi connectivity index (χ2n) is 6.21. The highest BCUT2D eigenvalue weighted by Crippen LogP contribution is 2.31. The molecule has 1 N–H and O–H groups in total. The fourth-order valence-electron chi connectivity index (χ4n) is 3.66. The summed E-state index contributed by atoms with van der Waals surface area (Å²) >= 11 is 0. The fourth-order valence-corrected chi connectivity index (χ4v) is 3.66. The lowest BCUT2D eigenvalue weighted by atomic mass is 9.99. The predicted molar refractivity (Wildman–Crippen MR) is 67.6 cm³/mol. The highest BCUT2D eigenvalue weighted by Gasteiger charge is 2.35. The number of nitrogens with zero attached hydrogens (tertiary/aromatic N) is 1. The molecule has 2 unspecified atom stereocenters. The van der Waals surface area contributed by atoms with Gasteiger partial charge in [-0.3, -0.25) is 4.90 Å². The summed E-state index contributed by atoms with van der Waals surface area (Å²) in [7, 11) is 0. The van der Waals surface area contributed by atoms with Crippen molar-refractivity contribution < 1.29 is 0 Å². The molecule has 0 bridgehead atoms. The van der Waals surface area contributed by atoms with Gasteiger partial charge in [-0.25, -0.2) is 0 Å². The zero-order valence-corrected chi connectivity index (χ0v) is 10.6. The summed E-state index contributed by atoms with van der Waals surface area (Å²) in [5.74, 6) is 0.968. The molecule has 2 nitrogen and oxygen atoms in total. The summed E-state index contributed by atoms with van der Waals surface area (Å²) in [6.45, 7) is 5.08. The van der Waals surface area contributed by atoms with E-state index in [-0.39, 0.29) is 0 Å². The van der Waals surface area contributed by atoms with Gasteiger partial charge in [-0.1, -0.05) is 12.8 Å². The van der Waals surface area contributed by atoms with Gasteiger partial charge < -0.3 is 5.32 Å². The summed E-state index contributed by atoms with van der Waals surface area (Å²) in [6.07, 6.45) is 10.2. The molecular formula is C14H26N2. The molecule has 2 aliphatic carbocycles. The van der Waals surface area contributed by atoms with Crippen molar-refractivity contribution in [3.8, 4) is 0 Å². The summed E-state index contributed by atoms with van der Waals surface area (Å²) in [5.41, 5.74) is 0. The van der Waals surface area contributed by atoms with Crippen molar-refractivity contribution in [2.75, 3.05) is 13.1 Å². The Balaban J connectivity index is 1.44. The van der Waals surface area contributed by atoms with Gasteiger partial charge >= 0.3 is 0 Å². The van der Waals surface area contributed by atoms with E-state index in [1.165, 1.54) is 58.0 Å². The van der Waals surface area contributed by atoms with Crippen LogP contribution in [0, 0.1) is 5.92 Å². The summed E-state index contributed by atoms with van der Waals surface area (Å²) in [6, 6.07) is 2.51. The lowest BCUT2D eigenvalue weighted by Crippen LogP contribution is -2.42. The second-order valence-corrected chi connectivity index (χ2v) is 6.21. The molecule has 1 heterocycles. The summed E-state index contributed by atoms with van der Waals surface area (Å²) in [4.78, 5) is 2.71. The van der Waals surface area contributed by atoms with Crippen molar-refractivity contribution in [3.63, 3.8) is 0 Å². The number of hydrogen-bond donors (Lipinski definition) is 1. The minimum atomic E-state index is 0.756. The number of likely N-dealkylation sites (tertiary alicyclic amines) is 1. The van der Waals surface area contributed by atoms with Gasteiger partial charge in [0.2, 0.25) is 0 Å². The number of nitrogens with one attached hydrogen (secondary N) is 1. The van der Waals surface area contributed by atoms with E-state index < -0.39 is 0 Å². The van der Waals surface area contributed by atoms with Gasteiger partial charge in [0.15, 0.2) is 0 Å². The molecule has 3 rings (SSSR count).